The Morgan fingerprint density at radius 2 is 2.25 bits per heavy atom. The van der Waals surface area contributed by atoms with Gasteiger partial charge in [0.15, 0.2) is 0 Å². The molecule has 0 aromatic carbocycles. The van der Waals surface area contributed by atoms with Gasteiger partial charge in [-0.3, -0.25) is 4.79 Å². The Balaban J connectivity index is 2.56. The Labute approximate surface area is 48.0 Å². The second-order valence-electron chi connectivity index (χ2n) is 2.12. The SMILES string of the molecule is CC1NOC(=O)C1C. The molecule has 0 bridgehead atoms. The van der Waals surface area contributed by atoms with Gasteiger partial charge in [-0.25, -0.2) is 0 Å². The van der Waals surface area contributed by atoms with Crippen LogP contribution in [0.1, 0.15) is 13.8 Å². The lowest BCUT2D eigenvalue weighted by molar-refractivity contribution is -0.145. The highest BCUT2D eigenvalue weighted by Crippen LogP contribution is 2.10. The third-order valence-corrected chi connectivity index (χ3v) is 1.47. The van der Waals surface area contributed by atoms with Crippen molar-refractivity contribution in [1.82, 2.24) is 5.48 Å². The first-order chi connectivity index (χ1) is 3.72. The maximum Gasteiger partial charge on any atom is 0.329 e. The van der Waals surface area contributed by atoms with Gasteiger partial charge in [-0.2, -0.15) is 0 Å². The standard InChI is InChI=1S/C5H9NO2/c1-3-4(2)6-8-5(3)7/h3-4,6H,1-2H3. The molecule has 0 aliphatic carbocycles. The summed E-state index contributed by atoms with van der Waals surface area (Å²) in [6.07, 6.45) is 0. The van der Waals surface area contributed by atoms with Crippen LogP contribution in [0.25, 0.3) is 0 Å². The molecular formula is C5H9NO2. The van der Waals surface area contributed by atoms with Crippen LogP contribution in [0.15, 0.2) is 0 Å². The van der Waals surface area contributed by atoms with Crippen LogP contribution in [0.2, 0.25) is 0 Å². The summed E-state index contributed by atoms with van der Waals surface area (Å²) in [6.45, 7) is 3.75. The van der Waals surface area contributed by atoms with E-state index in [0.717, 1.165) is 0 Å². The van der Waals surface area contributed by atoms with Crippen molar-refractivity contribution in [3.63, 3.8) is 0 Å². The van der Waals surface area contributed by atoms with Crippen molar-refractivity contribution in [2.45, 2.75) is 19.9 Å². The largest absolute Gasteiger partial charge is 0.370 e. The lowest BCUT2D eigenvalue weighted by Crippen LogP contribution is -2.20. The fourth-order valence-electron chi connectivity index (χ4n) is 0.550. The van der Waals surface area contributed by atoms with Crippen LogP contribution in [0.4, 0.5) is 0 Å². The summed E-state index contributed by atoms with van der Waals surface area (Å²) < 4.78 is 0. The first kappa shape index (κ1) is 5.56. The minimum Gasteiger partial charge on any atom is -0.370 e. The quantitative estimate of drug-likeness (QED) is 0.485. The molecule has 46 valence electrons. The number of hydroxylamine groups is 1. The van der Waals surface area contributed by atoms with Crippen molar-refractivity contribution < 1.29 is 9.63 Å². The Bertz CT molecular complexity index is 113. The lowest BCUT2D eigenvalue weighted by Gasteiger charge is -1.98. The minimum absolute atomic E-state index is 0.00926. The van der Waals surface area contributed by atoms with E-state index in [1.165, 1.54) is 0 Å². The second kappa shape index (κ2) is 1.74. The summed E-state index contributed by atoms with van der Waals surface area (Å²) >= 11 is 0. The van der Waals surface area contributed by atoms with E-state index in [2.05, 4.69) is 10.3 Å². The molecule has 1 saturated heterocycles. The first-order valence-electron chi connectivity index (χ1n) is 2.68. The summed E-state index contributed by atoms with van der Waals surface area (Å²) in [5.74, 6) is -0.146. The molecule has 0 radical (unpaired) electrons. The molecule has 2 unspecified atom stereocenters. The molecule has 0 saturated carbocycles. The molecule has 3 heteroatoms. The van der Waals surface area contributed by atoms with Crippen molar-refractivity contribution in [2.24, 2.45) is 5.92 Å². The normalized spacial score (nSPS) is 37.5. The van der Waals surface area contributed by atoms with Gasteiger partial charge in [0, 0.05) is 0 Å². The van der Waals surface area contributed by atoms with Crippen LogP contribution in [-0.4, -0.2) is 12.0 Å². The van der Waals surface area contributed by atoms with E-state index in [0.29, 0.717) is 0 Å². The fraction of sp³-hybridized carbons (Fsp3) is 0.800. The monoisotopic (exact) mass is 115 g/mol. The Morgan fingerprint density at radius 3 is 2.38 bits per heavy atom. The van der Waals surface area contributed by atoms with Crippen molar-refractivity contribution in [3.8, 4) is 0 Å². The number of nitrogens with one attached hydrogen (secondary N) is 1. The van der Waals surface area contributed by atoms with Gasteiger partial charge >= 0.3 is 5.97 Å². The number of carbonyl (C=O) groups excluding carboxylic acids is 1. The third kappa shape index (κ3) is 0.690. The molecule has 0 aromatic heterocycles. The molecule has 2 atom stereocenters. The van der Waals surface area contributed by atoms with Crippen LogP contribution < -0.4 is 5.48 Å². The van der Waals surface area contributed by atoms with Gasteiger partial charge in [-0.15, -0.1) is 5.48 Å². The van der Waals surface area contributed by atoms with E-state index >= 15 is 0 Å². The van der Waals surface area contributed by atoms with Crippen molar-refractivity contribution >= 4 is 5.97 Å². The first-order valence-corrected chi connectivity index (χ1v) is 2.68. The van der Waals surface area contributed by atoms with E-state index in [1.807, 2.05) is 13.8 Å². The van der Waals surface area contributed by atoms with Gasteiger partial charge in [-0.1, -0.05) is 6.92 Å². The van der Waals surface area contributed by atoms with Crippen molar-refractivity contribution in [1.29, 1.82) is 0 Å². The topological polar surface area (TPSA) is 38.3 Å². The number of hydrogen-bond donors (Lipinski definition) is 1. The van der Waals surface area contributed by atoms with Gasteiger partial charge < -0.3 is 4.84 Å². The fourth-order valence-corrected chi connectivity index (χ4v) is 0.550. The zero-order valence-corrected chi connectivity index (χ0v) is 4.97. The van der Waals surface area contributed by atoms with Crippen LogP contribution in [0.5, 0.6) is 0 Å². The van der Waals surface area contributed by atoms with Crippen LogP contribution >= 0.6 is 0 Å². The third-order valence-electron chi connectivity index (χ3n) is 1.47. The van der Waals surface area contributed by atoms with Crippen molar-refractivity contribution in [3.05, 3.63) is 0 Å². The molecule has 1 N–H and O–H groups in total. The highest BCUT2D eigenvalue weighted by atomic mass is 16.7. The molecule has 0 amide bonds. The van der Waals surface area contributed by atoms with E-state index in [4.69, 9.17) is 0 Å². The van der Waals surface area contributed by atoms with Gasteiger partial charge in [0.2, 0.25) is 0 Å². The summed E-state index contributed by atoms with van der Waals surface area (Å²) in [4.78, 5) is 15.0. The smallest absolute Gasteiger partial charge is 0.329 e. The number of carbonyl (C=O) groups is 1. The van der Waals surface area contributed by atoms with E-state index in [-0.39, 0.29) is 17.9 Å². The molecule has 1 heterocycles. The van der Waals surface area contributed by atoms with E-state index in [9.17, 15) is 4.79 Å². The molecule has 0 aromatic rings. The molecule has 1 aliphatic heterocycles. The van der Waals surface area contributed by atoms with E-state index in [1.54, 1.807) is 0 Å². The zero-order valence-electron chi connectivity index (χ0n) is 4.97. The lowest BCUT2D eigenvalue weighted by atomic mass is 10.1. The molecule has 1 fully saturated rings. The summed E-state index contributed by atoms with van der Waals surface area (Å²) in [7, 11) is 0. The molecule has 1 rings (SSSR count). The predicted octanol–water partition coefficient (Wildman–Crippen LogP) is 0.0724. The van der Waals surface area contributed by atoms with Gasteiger partial charge in [0.25, 0.3) is 0 Å². The van der Waals surface area contributed by atoms with Gasteiger partial charge in [0.1, 0.15) is 0 Å². The average molecular weight is 115 g/mol. The molecule has 0 spiro atoms. The zero-order chi connectivity index (χ0) is 6.15. The number of hydrogen-bond acceptors (Lipinski definition) is 3. The summed E-state index contributed by atoms with van der Waals surface area (Å²) in [5, 5.41) is 0. The average Bonchev–Trinajstić information content (AvgIpc) is 1.98. The van der Waals surface area contributed by atoms with Gasteiger partial charge in [0.05, 0.1) is 12.0 Å². The van der Waals surface area contributed by atoms with Gasteiger partial charge in [-0.05, 0) is 6.92 Å². The molecular weight excluding hydrogens is 106 g/mol. The molecule has 1 aliphatic rings. The van der Waals surface area contributed by atoms with Crippen LogP contribution in [0.3, 0.4) is 0 Å². The summed E-state index contributed by atoms with van der Waals surface area (Å²) in [5.41, 5.74) is 2.57. The second-order valence-corrected chi connectivity index (χ2v) is 2.12. The Hall–Kier alpha value is -0.570. The minimum atomic E-state index is -0.155. The highest BCUT2D eigenvalue weighted by molar-refractivity contribution is 5.74. The summed E-state index contributed by atoms with van der Waals surface area (Å²) in [6, 6.07) is 0.169. The Kier molecular flexibility index (Phi) is 1.21. The Morgan fingerprint density at radius 1 is 1.62 bits per heavy atom. The number of rotatable bonds is 0. The highest BCUT2D eigenvalue weighted by Gasteiger charge is 2.28. The maximum atomic E-state index is 10.5. The molecule has 3 nitrogen and oxygen atoms in total. The van der Waals surface area contributed by atoms with Crippen LogP contribution in [0, 0.1) is 5.92 Å². The van der Waals surface area contributed by atoms with Crippen LogP contribution in [-0.2, 0) is 9.63 Å². The maximum absolute atomic E-state index is 10.5. The predicted molar refractivity (Wildman–Crippen MR) is 27.9 cm³/mol. The molecule has 8 heavy (non-hydrogen) atoms. The van der Waals surface area contributed by atoms with Crippen molar-refractivity contribution in [2.75, 3.05) is 0 Å². The van der Waals surface area contributed by atoms with E-state index < -0.39 is 0 Å².